The van der Waals surface area contributed by atoms with Gasteiger partial charge < -0.3 is 14.7 Å². The summed E-state index contributed by atoms with van der Waals surface area (Å²) in [5.41, 5.74) is 4.27. The van der Waals surface area contributed by atoms with Gasteiger partial charge in [-0.05, 0) is 51.9 Å². The number of carbonyl (C=O) groups is 2. The summed E-state index contributed by atoms with van der Waals surface area (Å²) in [5, 5.41) is 9.29. The van der Waals surface area contributed by atoms with Gasteiger partial charge in [0.25, 0.3) is 0 Å². The molecule has 35 heavy (non-hydrogen) atoms. The zero-order chi connectivity index (χ0) is 25.4. The average Bonchev–Trinajstić information content (AvgIpc) is 2.86. The molecule has 0 aliphatic carbocycles. The first-order valence-electron chi connectivity index (χ1n) is 12.4. The van der Waals surface area contributed by atoms with E-state index in [2.05, 4.69) is 30.9 Å². The minimum atomic E-state index is -1.08. The van der Waals surface area contributed by atoms with E-state index in [1.807, 2.05) is 49.5 Å². The molecule has 0 aromatic heterocycles. The van der Waals surface area contributed by atoms with Crippen LogP contribution in [0.25, 0.3) is 5.70 Å². The van der Waals surface area contributed by atoms with Crippen LogP contribution in [-0.4, -0.2) is 40.3 Å². The van der Waals surface area contributed by atoms with Crippen LogP contribution in [0.3, 0.4) is 0 Å². The Bertz CT molecular complexity index is 1080. The molecule has 6 nitrogen and oxygen atoms in total. The number of carbonyl (C=O) groups excluding carboxylic acids is 1. The monoisotopic (exact) mass is 476 g/mol. The molecular formula is C29H36N2O4. The molecule has 2 atom stereocenters. The molecule has 186 valence electrons. The summed E-state index contributed by atoms with van der Waals surface area (Å²) in [6, 6.07) is 9.89. The van der Waals surface area contributed by atoms with Gasteiger partial charge in [-0.3, -0.25) is 4.79 Å². The van der Waals surface area contributed by atoms with Gasteiger partial charge in [-0.15, -0.1) is 0 Å². The average molecular weight is 477 g/mol. The maximum Gasteiger partial charge on any atom is 0.341 e. The van der Waals surface area contributed by atoms with Crippen molar-refractivity contribution in [3.63, 3.8) is 0 Å². The molecule has 0 fully saturated rings. The molecule has 2 heterocycles. The number of ether oxygens (including phenoxy) is 1. The Morgan fingerprint density at radius 2 is 1.97 bits per heavy atom. The van der Waals surface area contributed by atoms with E-state index in [-0.39, 0.29) is 23.6 Å². The van der Waals surface area contributed by atoms with E-state index in [4.69, 9.17) is 9.73 Å². The third kappa shape index (κ3) is 6.38. The van der Waals surface area contributed by atoms with Gasteiger partial charge in [0.1, 0.15) is 5.70 Å². The molecule has 0 spiro atoms. The lowest BCUT2D eigenvalue weighted by Gasteiger charge is -2.43. The number of hydrogen-bond acceptors (Lipinski definition) is 5. The van der Waals surface area contributed by atoms with Crippen LogP contribution in [0.5, 0.6) is 0 Å². The number of fused-ring (bicyclic) bond motifs is 1. The SMILES string of the molecule is C/C=C\C=C(/CC)CCC1CC(CC)C(C(C)=O)=C2C(OCC(=O)O)=NC(c3ccccc3)=CN21. The summed E-state index contributed by atoms with van der Waals surface area (Å²) in [4.78, 5) is 31.0. The second-order valence-corrected chi connectivity index (χ2v) is 8.94. The highest BCUT2D eigenvalue weighted by molar-refractivity contribution is 6.07. The molecule has 2 aliphatic rings. The fraction of sp³-hybridized carbons (Fsp3) is 0.414. The van der Waals surface area contributed by atoms with Crippen molar-refractivity contribution in [2.45, 2.75) is 65.8 Å². The quantitative estimate of drug-likeness (QED) is 0.411. The molecule has 0 radical (unpaired) electrons. The van der Waals surface area contributed by atoms with Crippen molar-refractivity contribution in [3.8, 4) is 0 Å². The standard InChI is InChI=1S/C29H36N2O4/c1-5-8-12-21(6-2)15-16-24-17-22(7-3)27(20(4)32)28-29(35-19-26(33)34)30-25(18-31(24)28)23-13-10-9-11-14-23/h5,8-14,18,22,24H,6-7,15-17,19H2,1-4H3,(H,33,34)/b8-5-,21-12+. The highest BCUT2D eigenvalue weighted by atomic mass is 16.5. The van der Waals surface area contributed by atoms with Crippen molar-refractivity contribution in [3.05, 3.63) is 77.2 Å². The summed E-state index contributed by atoms with van der Waals surface area (Å²) in [7, 11) is 0. The number of rotatable bonds is 10. The minimum Gasteiger partial charge on any atom is -0.479 e. The molecule has 2 aliphatic heterocycles. The third-order valence-electron chi connectivity index (χ3n) is 6.61. The van der Waals surface area contributed by atoms with Crippen LogP contribution in [0.4, 0.5) is 0 Å². The van der Waals surface area contributed by atoms with E-state index in [9.17, 15) is 14.7 Å². The lowest BCUT2D eigenvalue weighted by atomic mass is 9.80. The summed E-state index contributed by atoms with van der Waals surface area (Å²) in [6.45, 7) is 7.33. The highest BCUT2D eigenvalue weighted by Crippen LogP contribution is 2.41. The molecular weight excluding hydrogens is 440 g/mol. The van der Waals surface area contributed by atoms with E-state index in [1.165, 1.54) is 5.57 Å². The minimum absolute atomic E-state index is 0.0271. The summed E-state index contributed by atoms with van der Waals surface area (Å²) >= 11 is 0. The van der Waals surface area contributed by atoms with Crippen LogP contribution in [0.1, 0.15) is 65.4 Å². The van der Waals surface area contributed by atoms with E-state index in [0.717, 1.165) is 37.7 Å². The second-order valence-electron chi connectivity index (χ2n) is 8.94. The zero-order valence-electron chi connectivity index (χ0n) is 21.2. The Morgan fingerprint density at radius 3 is 2.57 bits per heavy atom. The summed E-state index contributed by atoms with van der Waals surface area (Å²) in [6.07, 6.45) is 12.8. The number of hydrogen-bond donors (Lipinski definition) is 1. The van der Waals surface area contributed by atoms with Gasteiger partial charge in [-0.2, -0.15) is 0 Å². The first-order valence-corrected chi connectivity index (χ1v) is 12.4. The number of carboxylic acids is 1. The van der Waals surface area contributed by atoms with Gasteiger partial charge in [-0.1, -0.05) is 68.0 Å². The van der Waals surface area contributed by atoms with Crippen LogP contribution in [0, 0.1) is 5.92 Å². The zero-order valence-corrected chi connectivity index (χ0v) is 21.2. The lowest BCUT2D eigenvalue weighted by molar-refractivity contribution is -0.139. The van der Waals surface area contributed by atoms with Gasteiger partial charge in [0, 0.05) is 23.4 Å². The predicted molar refractivity (Wildman–Crippen MR) is 140 cm³/mol. The molecule has 1 aromatic rings. The Kier molecular flexibility index (Phi) is 9.24. The number of ketones is 1. The lowest BCUT2D eigenvalue weighted by Crippen LogP contribution is -2.44. The summed E-state index contributed by atoms with van der Waals surface area (Å²) in [5.74, 6) is -0.831. The van der Waals surface area contributed by atoms with E-state index < -0.39 is 12.6 Å². The van der Waals surface area contributed by atoms with Crippen LogP contribution in [-0.2, 0) is 14.3 Å². The largest absolute Gasteiger partial charge is 0.479 e. The Balaban J connectivity index is 2.10. The van der Waals surface area contributed by atoms with Crippen molar-refractivity contribution in [1.82, 2.24) is 4.90 Å². The van der Waals surface area contributed by atoms with Gasteiger partial charge >= 0.3 is 5.97 Å². The van der Waals surface area contributed by atoms with Crippen LogP contribution in [0.2, 0.25) is 0 Å². The fourth-order valence-corrected chi connectivity index (χ4v) is 4.82. The Morgan fingerprint density at radius 1 is 1.23 bits per heavy atom. The molecule has 0 saturated carbocycles. The number of allylic oxidation sites excluding steroid dienone is 5. The van der Waals surface area contributed by atoms with Crippen LogP contribution < -0.4 is 0 Å². The predicted octanol–water partition coefficient (Wildman–Crippen LogP) is 6.13. The van der Waals surface area contributed by atoms with Gasteiger partial charge in [0.15, 0.2) is 12.4 Å². The summed E-state index contributed by atoms with van der Waals surface area (Å²) < 4.78 is 5.72. The Hall–Kier alpha value is -3.41. The van der Waals surface area contributed by atoms with Gasteiger partial charge in [0.2, 0.25) is 5.90 Å². The fourth-order valence-electron chi connectivity index (χ4n) is 4.82. The first-order chi connectivity index (χ1) is 16.9. The number of aliphatic carboxylic acids is 1. The molecule has 0 amide bonds. The number of benzene rings is 1. The number of nitrogens with zero attached hydrogens (tertiary/aromatic N) is 2. The molecule has 2 unspecified atom stereocenters. The van der Waals surface area contributed by atoms with E-state index in [1.54, 1.807) is 6.92 Å². The molecule has 0 saturated heterocycles. The number of Topliss-reactive ketones (excluding diaryl/α,β-unsaturated/α-hetero) is 1. The molecule has 3 rings (SSSR count). The number of aliphatic imine (C=N–C) groups is 1. The normalized spacial score (nSPS) is 20.5. The van der Waals surface area contributed by atoms with Crippen LogP contribution in [0.15, 0.2) is 76.6 Å². The maximum absolute atomic E-state index is 12.8. The van der Waals surface area contributed by atoms with Crippen LogP contribution >= 0.6 is 0 Å². The van der Waals surface area contributed by atoms with Gasteiger partial charge in [0.05, 0.1) is 5.70 Å². The van der Waals surface area contributed by atoms with E-state index in [0.29, 0.717) is 17.0 Å². The van der Waals surface area contributed by atoms with Crippen molar-refractivity contribution in [2.75, 3.05) is 6.61 Å². The van der Waals surface area contributed by atoms with Crippen molar-refractivity contribution in [2.24, 2.45) is 10.9 Å². The topological polar surface area (TPSA) is 79.2 Å². The second kappa shape index (κ2) is 12.3. The van der Waals surface area contributed by atoms with Crippen molar-refractivity contribution in [1.29, 1.82) is 0 Å². The molecule has 6 heteroatoms. The third-order valence-corrected chi connectivity index (χ3v) is 6.61. The molecule has 1 N–H and O–H groups in total. The first kappa shape index (κ1) is 26.2. The number of carboxylic acid groups (broad SMARTS) is 1. The van der Waals surface area contributed by atoms with Crippen molar-refractivity contribution < 1.29 is 19.4 Å². The smallest absolute Gasteiger partial charge is 0.341 e. The van der Waals surface area contributed by atoms with E-state index >= 15 is 0 Å². The molecule has 0 bridgehead atoms. The van der Waals surface area contributed by atoms with Crippen molar-refractivity contribution >= 4 is 23.3 Å². The highest BCUT2D eigenvalue weighted by Gasteiger charge is 2.40. The van der Waals surface area contributed by atoms with Gasteiger partial charge in [-0.25, -0.2) is 9.79 Å². The maximum atomic E-state index is 12.8. The molecule has 1 aromatic carbocycles. The Labute approximate surface area is 208 Å².